The Morgan fingerprint density at radius 1 is 1.36 bits per heavy atom. The Hall–Kier alpha value is -3.30. The van der Waals surface area contributed by atoms with Gasteiger partial charge in [0.15, 0.2) is 0 Å². The van der Waals surface area contributed by atoms with Crippen LogP contribution in [-0.4, -0.2) is 73.6 Å². The number of pyridine rings is 2. The first-order valence-electron chi connectivity index (χ1n) is 12.0. The van der Waals surface area contributed by atoms with E-state index in [2.05, 4.69) is 15.2 Å². The number of hydrogen-bond donors (Lipinski definition) is 1. The standard InChI is InChI=1S/C25H32N6O5/c1-16(2)36-20-11-21(27-13-18(20)12-26)28-25(32)30(3)22-6-5-17(14-31-8-7-19(15-31)33-4)23(29-22)24-34-9-10-35-24/h5-6,11,13,16,19,24H,7-10,14-15H2,1-4H3,(H,27,28,32). The summed E-state index contributed by atoms with van der Waals surface area (Å²) in [6.45, 7) is 7.19. The van der Waals surface area contributed by atoms with Gasteiger partial charge in [-0.15, -0.1) is 0 Å². The second-order valence-corrected chi connectivity index (χ2v) is 9.00. The maximum Gasteiger partial charge on any atom is 0.328 e. The van der Waals surface area contributed by atoms with E-state index in [1.54, 1.807) is 20.2 Å². The number of nitrogens with zero attached hydrogens (tertiary/aromatic N) is 5. The zero-order valence-electron chi connectivity index (χ0n) is 21.1. The van der Waals surface area contributed by atoms with Gasteiger partial charge in [0.05, 0.1) is 31.6 Å². The molecule has 2 aromatic rings. The van der Waals surface area contributed by atoms with E-state index >= 15 is 0 Å². The molecule has 1 N–H and O–H groups in total. The topological polar surface area (TPSA) is 122 Å². The molecular formula is C25H32N6O5. The van der Waals surface area contributed by atoms with E-state index in [9.17, 15) is 10.1 Å². The first-order valence-corrected chi connectivity index (χ1v) is 12.0. The highest BCUT2D eigenvalue weighted by atomic mass is 16.7. The maximum atomic E-state index is 13.0. The number of aromatic nitrogens is 2. The van der Waals surface area contributed by atoms with Crippen LogP contribution in [0.2, 0.25) is 0 Å². The first kappa shape index (κ1) is 25.8. The molecule has 192 valence electrons. The predicted octanol–water partition coefficient (Wildman–Crippen LogP) is 3.07. The largest absolute Gasteiger partial charge is 0.489 e. The highest BCUT2D eigenvalue weighted by Crippen LogP contribution is 2.29. The quantitative estimate of drug-likeness (QED) is 0.587. The van der Waals surface area contributed by atoms with Gasteiger partial charge in [0.25, 0.3) is 0 Å². The molecule has 11 heteroatoms. The zero-order chi connectivity index (χ0) is 25.7. The second-order valence-electron chi connectivity index (χ2n) is 9.00. The van der Waals surface area contributed by atoms with Crippen LogP contribution >= 0.6 is 0 Å². The highest BCUT2D eigenvalue weighted by molar-refractivity contribution is 6.00. The Balaban J connectivity index is 1.51. The van der Waals surface area contributed by atoms with Crippen LogP contribution in [0.3, 0.4) is 0 Å². The number of nitrogens with one attached hydrogen (secondary N) is 1. The average Bonchev–Trinajstić information content (AvgIpc) is 3.56. The minimum Gasteiger partial charge on any atom is -0.489 e. The van der Waals surface area contributed by atoms with Crippen molar-refractivity contribution in [2.45, 2.75) is 45.3 Å². The molecule has 0 radical (unpaired) electrons. The molecule has 2 aliphatic rings. The van der Waals surface area contributed by atoms with Gasteiger partial charge in [-0.25, -0.2) is 14.8 Å². The number of anilines is 2. The number of likely N-dealkylation sites (tertiary alicyclic amines) is 1. The van der Waals surface area contributed by atoms with Gasteiger partial charge in [-0.1, -0.05) is 6.07 Å². The van der Waals surface area contributed by atoms with E-state index in [1.165, 1.54) is 17.2 Å². The minimum absolute atomic E-state index is 0.132. The van der Waals surface area contributed by atoms with Gasteiger partial charge < -0.3 is 18.9 Å². The van der Waals surface area contributed by atoms with Crippen molar-refractivity contribution in [3.63, 3.8) is 0 Å². The molecule has 2 fully saturated rings. The Kier molecular flexibility index (Phi) is 8.32. The summed E-state index contributed by atoms with van der Waals surface area (Å²) < 4.78 is 22.7. The lowest BCUT2D eigenvalue weighted by Gasteiger charge is -2.23. The number of methoxy groups -OCH3 is 1. The number of amides is 2. The molecule has 2 amide bonds. The van der Waals surface area contributed by atoms with Crippen LogP contribution in [0, 0.1) is 11.3 Å². The normalized spacial score (nSPS) is 18.4. The molecule has 11 nitrogen and oxygen atoms in total. The summed E-state index contributed by atoms with van der Waals surface area (Å²) in [5.41, 5.74) is 1.94. The Bertz CT molecular complexity index is 1110. The van der Waals surface area contributed by atoms with Crippen LogP contribution in [0.5, 0.6) is 5.75 Å². The molecule has 2 saturated heterocycles. The molecule has 4 heterocycles. The second kappa shape index (κ2) is 11.6. The van der Waals surface area contributed by atoms with Crippen LogP contribution in [0.15, 0.2) is 24.4 Å². The lowest BCUT2D eigenvalue weighted by atomic mass is 10.1. The fourth-order valence-corrected chi connectivity index (χ4v) is 4.15. The number of rotatable bonds is 8. The monoisotopic (exact) mass is 496 g/mol. The molecule has 36 heavy (non-hydrogen) atoms. The van der Waals surface area contributed by atoms with E-state index < -0.39 is 12.3 Å². The Labute approximate surface area is 210 Å². The summed E-state index contributed by atoms with van der Waals surface area (Å²) in [5, 5.41) is 12.0. The van der Waals surface area contributed by atoms with Crippen molar-refractivity contribution in [2.24, 2.45) is 0 Å². The minimum atomic E-state index is -0.576. The van der Waals surface area contributed by atoms with Gasteiger partial charge in [0.1, 0.15) is 34.7 Å². The first-order chi connectivity index (χ1) is 17.4. The molecule has 0 saturated carbocycles. The van der Waals surface area contributed by atoms with Gasteiger partial charge in [-0.2, -0.15) is 5.26 Å². The molecule has 0 aromatic carbocycles. The van der Waals surface area contributed by atoms with Crippen LogP contribution in [0.25, 0.3) is 0 Å². The fraction of sp³-hybridized carbons (Fsp3) is 0.520. The lowest BCUT2D eigenvalue weighted by molar-refractivity contribution is -0.0482. The molecule has 0 bridgehead atoms. The molecule has 0 aliphatic carbocycles. The summed E-state index contributed by atoms with van der Waals surface area (Å²) >= 11 is 0. The van der Waals surface area contributed by atoms with Crippen molar-refractivity contribution < 1.29 is 23.7 Å². The summed E-state index contributed by atoms with van der Waals surface area (Å²) in [5.74, 6) is 1.06. The summed E-state index contributed by atoms with van der Waals surface area (Å²) in [7, 11) is 3.36. The molecule has 4 rings (SSSR count). The fourth-order valence-electron chi connectivity index (χ4n) is 4.15. The zero-order valence-corrected chi connectivity index (χ0v) is 21.1. The van der Waals surface area contributed by atoms with E-state index in [0.717, 1.165) is 25.1 Å². The van der Waals surface area contributed by atoms with Gasteiger partial charge in [-0.05, 0) is 31.9 Å². The van der Waals surface area contributed by atoms with Crippen molar-refractivity contribution in [2.75, 3.05) is 50.7 Å². The van der Waals surface area contributed by atoms with Gasteiger partial charge in [0, 0.05) is 39.9 Å². The van der Waals surface area contributed by atoms with E-state index in [4.69, 9.17) is 23.9 Å². The summed E-state index contributed by atoms with van der Waals surface area (Å²) in [6, 6.07) is 6.90. The Morgan fingerprint density at radius 3 is 2.81 bits per heavy atom. The summed E-state index contributed by atoms with van der Waals surface area (Å²) in [6.07, 6.45) is 1.89. The van der Waals surface area contributed by atoms with Crippen LogP contribution in [0.4, 0.5) is 16.4 Å². The van der Waals surface area contributed by atoms with Crippen LogP contribution in [-0.2, 0) is 20.8 Å². The number of hydrogen-bond acceptors (Lipinski definition) is 9. The van der Waals surface area contributed by atoms with Crippen LogP contribution in [0.1, 0.15) is 43.4 Å². The third-order valence-corrected chi connectivity index (χ3v) is 6.03. The summed E-state index contributed by atoms with van der Waals surface area (Å²) in [4.78, 5) is 25.6. The van der Waals surface area contributed by atoms with Crippen molar-refractivity contribution in [3.05, 3.63) is 41.2 Å². The Morgan fingerprint density at radius 2 is 2.14 bits per heavy atom. The van der Waals surface area contributed by atoms with Crippen LogP contribution < -0.4 is 15.0 Å². The third-order valence-electron chi connectivity index (χ3n) is 6.03. The number of nitriles is 1. The average molecular weight is 497 g/mol. The third kappa shape index (κ3) is 6.09. The molecule has 2 aromatic heterocycles. The van der Waals surface area contributed by atoms with Crippen molar-refractivity contribution in [1.82, 2.24) is 14.9 Å². The van der Waals surface area contributed by atoms with Gasteiger partial charge in [-0.3, -0.25) is 15.1 Å². The van der Waals surface area contributed by atoms with Gasteiger partial charge >= 0.3 is 6.03 Å². The predicted molar refractivity (Wildman–Crippen MR) is 132 cm³/mol. The van der Waals surface area contributed by atoms with Crippen molar-refractivity contribution in [3.8, 4) is 11.8 Å². The SMILES string of the molecule is COC1CCN(Cc2ccc(N(C)C(=O)Nc3cc(OC(C)C)c(C#N)cn3)nc2C2OCCO2)C1. The maximum absolute atomic E-state index is 13.0. The van der Waals surface area contributed by atoms with E-state index in [0.29, 0.717) is 42.6 Å². The molecular weight excluding hydrogens is 464 g/mol. The number of carbonyl (C=O) groups excluding carboxylic acids is 1. The van der Waals surface area contributed by atoms with Crippen molar-refractivity contribution in [1.29, 1.82) is 5.26 Å². The molecule has 2 aliphatic heterocycles. The smallest absolute Gasteiger partial charge is 0.328 e. The van der Waals surface area contributed by atoms with Gasteiger partial charge in [0.2, 0.25) is 6.29 Å². The molecule has 1 unspecified atom stereocenters. The number of carbonyl (C=O) groups is 1. The van der Waals surface area contributed by atoms with Crippen molar-refractivity contribution >= 4 is 17.7 Å². The highest BCUT2D eigenvalue weighted by Gasteiger charge is 2.28. The number of ether oxygens (including phenoxy) is 4. The van der Waals surface area contributed by atoms with E-state index in [-0.39, 0.29) is 18.0 Å². The number of urea groups is 1. The lowest BCUT2D eigenvalue weighted by Crippen LogP contribution is -2.32. The van der Waals surface area contributed by atoms with E-state index in [1.807, 2.05) is 26.0 Å². The molecule has 0 spiro atoms. The molecule has 1 atom stereocenters.